The minimum absolute atomic E-state index is 0.0351. The molecule has 57 heavy (non-hydrogen) atoms. The topological polar surface area (TPSA) is 190 Å². The normalized spacial score (nSPS) is 18.8. The number of aliphatic hydroxyl groups is 1. The van der Waals surface area contributed by atoms with Gasteiger partial charge in [-0.2, -0.15) is 4.31 Å². The molecule has 312 valence electrons. The first-order valence-corrected chi connectivity index (χ1v) is 21.1. The number of para-hydroxylation sites is 2. The maximum atomic E-state index is 14.5. The number of unbranched alkanes of at least 4 members (excludes halogenated alkanes) is 2. The molecular weight excluding hydrogens is 751 g/mol. The molecule has 0 aromatic heterocycles. The summed E-state index contributed by atoms with van der Waals surface area (Å²) in [5.41, 5.74) is 7.62. The van der Waals surface area contributed by atoms with E-state index in [2.05, 4.69) is 10.6 Å². The molecule has 0 unspecified atom stereocenters. The number of ether oxygens (including phenoxy) is 3. The molecule has 4 rings (SSSR count). The second-order valence-corrected chi connectivity index (χ2v) is 16.8. The minimum Gasteiger partial charge on any atom is -0.497 e. The summed E-state index contributed by atoms with van der Waals surface area (Å²) in [5.74, 6) is -0.240. The number of methoxy groups -OCH3 is 1. The molecule has 0 aliphatic carbocycles. The smallest absolute Gasteiger partial charge is 0.258 e. The number of benzene rings is 3. The van der Waals surface area contributed by atoms with Crippen LogP contribution in [0.4, 0.5) is 17.1 Å². The number of fused-ring (bicyclic) bond motifs is 1. The van der Waals surface area contributed by atoms with E-state index in [0.717, 1.165) is 12.8 Å². The number of carbonyl (C=O) groups excluding carboxylic acids is 3. The highest BCUT2D eigenvalue weighted by Crippen LogP contribution is 2.29. The number of nitrogens with zero attached hydrogens (tertiary/aromatic N) is 2. The van der Waals surface area contributed by atoms with Crippen molar-refractivity contribution < 1.29 is 42.1 Å². The van der Waals surface area contributed by atoms with Gasteiger partial charge in [0.05, 0.1) is 53.8 Å². The summed E-state index contributed by atoms with van der Waals surface area (Å²) >= 11 is 0. The molecule has 0 bridgehead atoms. The molecule has 3 aromatic rings. The van der Waals surface area contributed by atoms with Gasteiger partial charge in [-0.1, -0.05) is 25.5 Å². The van der Waals surface area contributed by atoms with Crippen molar-refractivity contribution >= 4 is 44.8 Å². The second kappa shape index (κ2) is 21.7. The fraction of sp³-hybridized carbons (Fsp3) is 0.500. The average molecular weight is 810 g/mol. The molecule has 0 fully saturated rings. The molecule has 1 heterocycles. The van der Waals surface area contributed by atoms with Crippen molar-refractivity contribution in [1.82, 2.24) is 9.21 Å². The molecule has 4 atom stereocenters. The van der Waals surface area contributed by atoms with Crippen LogP contribution in [-0.2, 0) is 24.3 Å². The summed E-state index contributed by atoms with van der Waals surface area (Å²) in [7, 11) is -0.854. The van der Waals surface area contributed by atoms with Gasteiger partial charge in [-0.15, -0.1) is 0 Å². The van der Waals surface area contributed by atoms with Crippen LogP contribution in [0.25, 0.3) is 0 Å². The van der Waals surface area contributed by atoms with Crippen molar-refractivity contribution in [3.63, 3.8) is 0 Å². The average Bonchev–Trinajstić information content (AvgIpc) is 3.19. The highest BCUT2D eigenvalue weighted by Gasteiger charge is 2.32. The number of nitrogen functional groups attached to an aromatic ring is 1. The Morgan fingerprint density at radius 3 is 2.35 bits per heavy atom. The highest BCUT2D eigenvalue weighted by molar-refractivity contribution is 7.89. The van der Waals surface area contributed by atoms with Crippen LogP contribution in [0.1, 0.15) is 82.5 Å². The number of likely N-dealkylation sites (N-methyl/N-ethyl adjacent to an activating group) is 1. The minimum atomic E-state index is -3.87. The van der Waals surface area contributed by atoms with E-state index in [0.29, 0.717) is 67.3 Å². The maximum Gasteiger partial charge on any atom is 0.258 e. The SMILES string of the molecule is COc1ccc(S(=O)(=O)N(C)C[C@H]2OCCCC[C@@H](C)Oc3ccc(NC(=O)CCCCCC(=O)Nc4ccccc4N)cc3C(=O)N([C@H](C)CO)C[C@@H]2C)cc1. The first-order valence-electron chi connectivity index (χ1n) is 19.6. The summed E-state index contributed by atoms with van der Waals surface area (Å²) in [6, 6.07) is 17.6. The number of rotatable bonds is 15. The number of aliphatic hydroxyl groups excluding tert-OH is 1. The van der Waals surface area contributed by atoms with E-state index in [1.807, 2.05) is 13.8 Å². The van der Waals surface area contributed by atoms with E-state index in [-0.39, 0.29) is 60.4 Å². The third kappa shape index (κ3) is 13.2. The zero-order valence-corrected chi connectivity index (χ0v) is 34.6. The number of sulfonamides is 1. The van der Waals surface area contributed by atoms with Gasteiger partial charge < -0.3 is 40.6 Å². The fourth-order valence-corrected chi connectivity index (χ4v) is 7.72. The van der Waals surface area contributed by atoms with Crippen LogP contribution in [0.15, 0.2) is 71.6 Å². The van der Waals surface area contributed by atoms with Crippen molar-refractivity contribution in [2.24, 2.45) is 5.92 Å². The number of nitrogens with one attached hydrogen (secondary N) is 2. The Hall–Kier alpha value is -4.70. The summed E-state index contributed by atoms with van der Waals surface area (Å²) in [6.45, 7) is 5.81. The fourth-order valence-electron chi connectivity index (χ4n) is 6.54. The van der Waals surface area contributed by atoms with Crippen LogP contribution in [0.3, 0.4) is 0 Å². The number of hydrogen-bond acceptors (Lipinski definition) is 10. The lowest BCUT2D eigenvalue weighted by atomic mass is 10.0. The Labute approximate surface area is 337 Å². The third-order valence-electron chi connectivity index (χ3n) is 10.1. The largest absolute Gasteiger partial charge is 0.497 e. The number of anilines is 3. The van der Waals surface area contributed by atoms with Gasteiger partial charge in [0.2, 0.25) is 21.8 Å². The van der Waals surface area contributed by atoms with E-state index >= 15 is 0 Å². The quantitative estimate of drug-likeness (QED) is 0.106. The number of nitrogens with two attached hydrogens (primary N) is 1. The molecule has 3 amide bonds. The molecular formula is C42H59N5O9S. The predicted octanol–water partition coefficient (Wildman–Crippen LogP) is 5.92. The lowest BCUT2D eigenvalue weighted by Gasteiger charge is -2.35. The van der Waals surface area contributed by atoms with E-state index < -0.39 is 28.1 Å². The highest BCUT2D eigenvalue weighted by atomic mass is 32.2. The molecule has 15 heteroatoms. The van der Waals surface area contributed by atoms with E-state index in [4.69, 9.17) is 19.9 Å². The zero-order valence-electron chi connectivity index (χ0n) is 33.7. The Balaban J connectivity index is 1.46. The number of hydrogen-bond donors (Lipinski definition) is 4. The molecule has 1 aliphatic heterocycles. The van der Waals surface area contributed by atoms with Gasteiger partial charge in [-0.05, 0) is 101 Å². The number of amides is 3. The van der Waals surface area contributed by atoms with Crippen molar-refractivity contribution in [2.45, 2.75) is 95.3 Å². The Kier molecular flexibility index (Phi) is 17.2. The third-order valence-corrected chi connectivity index (χ3v) is 11.9. The lowest BCUT2D eigenvalue weighted by molar-refractivity contribution is -0.116. The summed E-state index contributed by atoms with van der Waals surface area (Å²) in [4.78, 5) is 41.5. The number of carbonyl (C=O) groups is 3. The van der Waals surface area contributed by atoms with Crippen LogP contribution in [0, 0.1) is 5.92 Å². The van der Waals surface area contributed by atoms with Crippen molar-refractivity contribution in [3.8, 4) is 11.5 Å². The first kappa shape index (κ1) is 45.0. The van der Waals surface area contributed by atoms with Gasteiger partial charge in [0.15, 0.2) is 0 Å². The van der Waals surface area contributed by atoms with Gasteiger partial charge in [-0.3, -0.25) is 14.4 Å². The van der Waals surface area contributed by atoms with Crippen molar-refractivity contribution in [2.75, 3.05) is 56.8 Å². The monoisotopic (exact) mass is 809 g/mol. The van der Waals surface area contributed by atoms with Gasteiger partial charge in [0, 0.05) is 51.2 Å². The maximum absolute atomic E-state index is 14.5. The lowest BCUT2D eigenvalue weighted by Crippen LogP contribution is -2.48. The van der Waals surface area contributed by atoms with Crippen LogP contribution >= 0.6 is 0 Å². The Bertz CT molecular complexity index is 1890. The molecule has 3 aromatic carbocycles. The molecule has 0 radical (unpaired) electrons. The van der Waals surface area contributed by atoms with E-state index in [1.165, 1.54) is 30.6 Å². The van der Waals surface area contributed by atoms with Crippen LogP contribution in [0.5, 0.6) is 11.5 Å². The molecule has 14 nitrogen and oxygen atoms in total. The Morgan fingerprint density at radius 1 is 1.00 bits per heavy atom. The molecule has 0 saturated carbocycles. The van der Waals surface area contributed by atoms with Crippen LogP contribution in [0.2, 0.25) is 0 Å². The van der Waals surface area contributed by atoms with Gasteiger partial charge in [0.1, 0.15) is 11.5 Å². The van der Waals surface area contributed by atoms with Crippen LogP contribution < -0.4 is 25.8 Å². The predicted molar refractivity (Wildman–Crippen MR) is 221 cm³/mol. The van der Waals surface area contributed by atoms with Crippen LogP contribution in [-0.4, -0.2) is 99.2 Å². The summed E-state index contributed by atoms with van der Waals surface area (Å²) in [6.07, 6.45) is 3.71. The molecule has 0 saturated heterocycles. The van der Waals surface area contributed by atoms with Crippen molar-refractivity contribution in [1.29, 1.82) is 0 Å². The second-order valence-electron chi connectivity index (χ2n) is 14.7. The van der Waals surface area contributed by atoms with Gasteiger partial charge in [-0.25, -0.2) is 8.42 Å². The zero-order chi connectivity index (χ0) is 41.5. The molecule has 1 aliphatic rings. The Morgan fingerprint density at radius 2 is 1.68 bits per heavy atom. The van der Waals surface area contributed by atoms with Gasteiger partial charge >= 0.3 is 0 Å². The van der Waals surface area contributed by atoms with Gasteiger partial charge in [0.25, 0.3) is 5.91 Å². The standard InChI is InChI=1S/C42H59N5O9S/c1-29-26-47(30(2)28-48)42(51)35-25-32(44-40(49)16-7-6-8-17-41(50)45-37-15-10-9-14-36(37)43)18-23-38(35)56-31(3)13-11-12-24-55-39(29)27-46(4)57(52,53)34-21-19-33(54-5)20-22-34/h9-10,14-15,18-23,25,29-31,39,48H,6-8,11-13,16-17,24,26-28,43H2,1-5H3,(H,44,49)(H,45,50)/t29-,30+,31+,39+/m0/s1. The van der Waals surface area contributed by atoms with E-state index in [1.54, 1.807) is 66.4 Å². The summed E-state index contributed by atoms with van der Waals surface area (Å²) < 4.78 is 46.2. The summed E-state index contributed by atoms with van der Waals surface area (Å²) in [5, 5.41) is 16.0. The molecule has 5 N–H and O–H groups in total. The molecule has 0 spiro atoms. The van der Waals surface area contributed by atoms with E-state index in [9.17, 15) is 27.9 Å². The first-order chi connectivity index (χ1) is 27.2. The van der Waals surface area contributed by atoms with Crippen molar-refractivity contribution in [3.05, 3.63) is 72.3 Å².